The zero-order chi connectivity index (χ0) is 27.4. The van der Waals surface area contributed by atoms with Crippen molar-refractivity contribution in [2.45, 2.75) is 23.0 Å². The van der Waals surface area contributed by atoms with Crippen LogP contribution in [0.4, 0.5) is 11.4 Å². The zero-order valence-corrected chi connectivity index (χ0v) is 21.8. The number of carboxylic acids is 1. The molecule has 1 aliphatic rings. The predicted octanol–water partition coefficient (Wildman–Crippen LogP) is 5.61. The van der Waals surface area contributed by atoms with Crippen LogP contribution in [0.3, 0.4) is 0 Å². The van der Waals surface area contributed by atoms with E-state index in [0.29, 0.717) is 33.8 Å². The van der Waals surface area contributed by atoms with Gasteiger partial charge < -0.3 is 15.3 Å². The average Bonchev–Trinajstić information content (AvgIpc) is 3.10. The van der Waals surface area contributed by atoms with Crippen LogP contribution in [0.2, 0.25) is 0 Å². The SMILES string of the molecule is O=C(O)CC1CCN(C(=O)c2ccc(NC(=O)c3ccccc3-c3ccccc3)cc2)c2ccccc2S1=O. The third kappa shape index (κ3) is 5.66. The van der Waals surface area contributed by atoms with Gasteiger partial charge >= 0.3 is 5.97 Å². The van der Waals surface area contributed by atoms with Gasteiger partial charge in [0.05, 0.1) is 33.1 Å². The summed E-state index contributed by atoms with van der Waals surface area (Å²) >= 11 is 0. The quantitative estimate of drug-likeness (QED) is 0.332. The number of anilines is 2. The number of nitrogens with one attached hydrogen (secondary N) is 1. The van der Waals surface area contributed by atoms with Crippen LogP contribution in [0.25, 0.3) is 11.1 Å². The molecule has 7 nitrogen and oxygen atoms in total. The number of carboxylic acid groups (broad SMARTS) is 1. The summed E-state index contributed by atoms with van der Waals surface area (Å²) in [6.45, 7) is 0.244. The number of nitrogens with zero attached hydrogens (tertiary/aromatic N) is 1. The smallest absolute Gasteiger partial charge is 0.304 e. The summed E-state index contributed by atoms with van der Waals surface area (Å²) in [7, 11) is -1.55. The van der Waals surface area contributed by atoms with Gasteiger partial charge in [-0.3, -0.25) is 18.6 Å². The van der Waals surface area contributed by atoms with Crippen molar-refractivity contribution in [2.24, 2.45) is 0 Å². The molecule has 0 spiro atoms. The highest BCUT2D eigenvalue weighted by Crippen LogP contribution is 2.33. The Morgan fingerprint density at radius 3 is 2.26 bits per heavy atom. The normalized spacial score (nSPS) is 16.6. The molecule has 4 aromatic carbocycles. The van der Waals surface area contributed by atoms with E-state index in [1.165, 1.54) is 0 Å². The Hall–Kier alpha value is -4.56. The first-order valence-electron chi connectivity index (χ1n) is 12.5. The zero-order valence-electron chi connectivity index (χ0n) is 20.9. The number of aliphatic carboxylic acids is 1. The number of benzene rings is 4. The van der Waals surface area contributed by atoms with Gasteiger partial charge in [-0.05, 0) is 60.0 Å². The number of carbonyl (C=O) groups excluding carboxylic acids is 2. The van der Waals surface area contributed by atoms with Crippen molar-refractivity contribution in [3.05, 3.63) is 114 Å². The fraction of sp³-hybridized carbons (Fsp3) is 0.129. The summed E-state index contributed by atoms with van der Waals surface area (Å²) in [6.07, 6.45) is 0.0685. The number of fused-ring (bicyclic) bond motifs is 1. The number of hydrogen-bond acceptors (Lipinski definition) is 4. The van der Waals surface area contributed by atoms with Crippen molar-refractivity contribution in [2.75, 3.05) is 16.8 Å². The van der Waals surface area contributed by atoms with Gasteiger partial charge in [0.15, 0.2) is 0 Å². The van der Waals surface area contributed by atoms with E-state index in [1.807, 2.05) is 48.5 Å². The van der Waals surface area contributed by atoms with Gasteiger partial charge in [0.2, 0.25) is 0 Å². The highest BCUT2D eigenvalue weighted by molar-refractivity contribution is 7.86. The molecule has 2 atom stereocenters. The molecule has 0 aliphatic carbocycles. The van der Waals surface area contributed by atoms with Crippen molar-refractivity contribution >= 4 is 40.0 Å². The van der Waals surface area contributed by atoms with Crippen LogP contribution in [-0.4, -0.2) is 38.9 Å². The first-order valence-corrected chi connectivity index (χ1v) is 13.7. The standard InChI is InChI=1S/C31H26N2O5S/c34-29(35)20-24-18-19-33(27-12-6-7-13-28(27)39(24)38)31(37)22-14-16-23(17-15-22)32-30(36)26-11-5-4-10-25(26)21-8-2-1-3-9-21/h1-17,24H,18-20H2,(H,32,36)(H,34,35). The maximum Gasteiger partial charge on any atom is 0.304 e. The highest BCUT2D eigenvalue weighted by Gasteiger charge is 2.32. The number of carbonyl (C=O) groups is 3. The van der Waals surface area contributed by atoms with Gasteiger partial charge in [-0.2, -0.15) is 0 Å². The minimum atomic E-state index is -1.55. The fourth-order valence-corrected chi connectivity index (χ4v) is 6.28. The average molecular weight is 539 g/mol. The molecule has 0 fully saturated rings. The molecule has 196 valence electrons. The highest BCUT2D eigenvalue weighted by atomic mass is 32.2. The maximum absolute atomic E-state index is 13.5. The molecule has 0 saturated heterocycles. The first kappa shape index (κ1) is 26.1. The molecule has 5 rings (SSSR count). The van der Waals surface area contributed by atoms with Crippen molar-refractivity contribution in [3.8, 4) is 11.1 Å². The lowest BCUT2D eigenvalue weighted by atomic mass is 9.99. The molecule has 2 unspecified atom stereocenters. The van der Waals surface area contributed by atoms with Crippen LogP contribution in [-0.2, 0) is 15.6 Å². The molecule has 0 bridgehead atoms. The number of para-hydroxylation sites is 1. The lowest BCUT2D eigenvalue weighted by Gasteiger charge is -2.22. The summed E-state index contributed by atoms with van der Waals surface area (Å²) in [5.74, 6) is -1.57. The molecule has 4 aromatic rings. The van der Waals surface area contributed by atoms with E-state index >= 15 is 0 Å². The van der Waals surface area contributed by atoms with Gasteiger partial charge in [0, 0.05) is 23.4 Å². The van der Waals surface area contributed by atoms with E-state index in [4.69, 9.17) is 0 Å². The lowest BCUT2D eigenvalue weighted by Crippen LogP contribution is -2.32. The second-order valence-corrected chi connectivity index (χ2v) is 10.9. The summed E-state index contributed by atoms with van der Waals surface area (Å²) in [5.41, 5.74) is 3.75. The second-order valence-electron chi connectivity index (χ2n) is 9.17. The third-order valence-corrected chi connectivity index (χ3v) is 8.43. The minimum Gasteiger partial charge on any atom is -0.481 e. The van der Waals surface area contributed by atoms with E-state index in [0.717, 1.165) is 11.1 Å². The Morgan fingerprint density at radius 1 is 0.846 bits per heavy atom. The van der Waals surface area contributed by atoms with Crippen LogP contribution in [0, 0.1) is 0 Å². The van der Waals surface area contributed by atoms with Crippen LogP contribution in [0.15, 0.2) is 108 Å². The fourth-order valence-electron chi connectivity index (χ4n) is 4.71. The van der Waals surface area contributed by atoms with Gasteiger partial charge in [-0.1, -0.05) is 60.7 Å². The molecule has 1 heterocycles. The van der Waals surface area contributed by atoms with Gasteiger partial charge in [-0.25, -0.2) is 0 Å². The Bertz CT molecular complexity index is 1550. The molecule has 2 amide bonds. The van der Waals surface area contributed by atoms with Crippen molar-refractivity contribution in [1.82, 2.24) is 0 Å². The molecule has 8 heteroatoms. The van der Waals surface area contributed by atoms with Gasteiger partial charge in [-0.15, -0.1) is 0 Å². The molecular formula is C31H26N2O5S. The van der Waals surface area contributed by atoms with Crippen LogP contribution in [0.1, 0.15) is 33.6 Å². The summed E-state index contributed by atoms with van der Waals surface area (Å²) in [5, 5.41) is 11.6. The Morgan fingerprint density at radius 2 is 1.51 bits per heavy atom. The molecule has 1 aliphatic heterocycles. The molecule has 39 heavy (non-hydrogen) atoms. The summed E-state index contributed by atoms with van der Waals surface area (Å²) in [6, 6.07) is 30.6. The number of hydrogen-bond donors (Lipinski definition) is 2. The molecule has 0 aromatic heterocycles. The largest absolute Gasteiger partial charge is 0.481 e. The molecular weight excluding hydrogens is 512 g/mol. The topological polar surface area (TPSA) is 104 Å². The van der Waals surface area contributed by atoms with Crippen molar-refractivity contribution in [3.63, 3.8) is 0 Å². The van der Waals surface area contributed by atoms with Crippen molar-refractivity contribution in [1.29, 1.82) is 0 Å². The monoisotopic (exact) mass is 538 g/mol. The van der Waals surface area contributed by atoms with E-state index in [9.17, 15) is 23.7 Å². The van der Waals surface area contributed by atoms with E-state index in [1.54, 1.807) is 59.5 Å². The molecule has 2 N–H and O–H groups in total. The van der Waals surface area contributed by atoms with Crippen LogP contribution < -0.4 is 10.2 Å². The minimum absolute atomic E-state index is 0.231. The van der Waals surface area contributed by atoms with E-state index in [-0.39, 0.29) is 24.8 Å². The van der Waals surface area contributed by atoms with Gasteiger partial charge in [0.1, 0.15) is 0 Å². The van der Waals surface area contributed by atoms with Crippen molar-refractivity contribution < 1.29 is 23.7 Å². The first-order chi connectivity index (χ1) is 18.9. The van der Waals surface area contributed by atoms with Gasteiger partial charge in [0.25, 0.3) is 11.8 Å². The van der Waals surface area contributed by atoms with Crippen LogP contribution >= 0.6 is 0 Å². The lowest BCUT2D eigenvalue weighted by molar-refractivity contribution is -0.137. The summed E-state index contributed by atoms with van der Waals surface area (Å²) < 4.78 is 13.1. The predicted molar refractivity (Wildman–Crippen MR) is 151 cm³/mol. The second kappa shape index (κ2) is 11.4. The van der Waals surface area contributed by atoms with E-state index in [2.05, 4.69) is 5.32 Å². The molecule has 0 radical (unpaired) electrons. The Balaban J connectivity index is 1.35. The maximum atomic E-state index is 13.5. The Labute approximate surface area is 228 Å². The number of amides is 2. The van der Waals surface area contributed by atoms with Crippen LogP contribution in [0.5, 0.6) is 0 Å². The summed E-state index contributed by atoms with van der Waals surface area (Å²) in [4.78, 5) is 40.0. The molecule has 0 saturated carbocycles. The Kier molecular flexibility index (Phi) is 7.65. The van der Waals surface area contributed by atoms with E-state index < -0.39 is 22.0 Å². The third-order valence-electron chi connectivity index (χ3n) is 6.64. The number of rotatable bonds is 6.